The number of aliphatic hydroxyl groups is 1. The van der Waals surface area contributed by atoms with Crippen molar-refractivity contribution in [2.75, 3.05) is 18.4 Å². The van der Waals surface area contributed by atoms with Crippen LogP contribution in [0.3, 0.4) is 0 Å². The first-order valence-electron chi connectivity index (χ1n) is 21.8. The fourth-order valence-electron chi connectivity index (χ4n) is 10.2. The molecule has 3 saturated carbocycles. The number of ether oxygens (including phenoxy) is 3. The Morgan fingerprint density at radius 3 is 2.35 bits per heavy atom. The summed E-state index contributed by atoms with van der Waals surface area (Å²) >= 11 is 7.65. The van der Waals surface area contributed by atoms with Crippen molar-refractivity contribution in [1.29, 1.82) is 0 Å². The van der Waals surface area contributed by atoms with Crippen LogP contribution in [-0.2, 0) is 11.3 Å². The predicted molar refractivity (Wildman–Crippen MR) is 248 cm³/mol. The van der Waals surface area contributed by atoms with E-state index in [2.05, 4.69) is 49.7 Å². The first-order valence-corrected chi connectivity index (χ1v) is 23.0. The Morgan fingerprint density at radius 1 is 0.984 bits per heavy atom. The van der Waals surface area contributed by atoms with Crippen molar-refractivity contribution in [2.24, 2.45) is 22.7 Å². The molecule has 4 aliphatic rings. The fourth-order valence-corrected chi connectivity index (χ4v) is 11.0. The van der Waals surface area contributed by atoms with Crippen LogP contribution in [0.1, 0.15) is 95.5 Å². The lowest BCUT2D eigenvalue weighted by Crippen LogP contribution is -2.51. The monoisotopic (exact) mass is 879 g/mol. The number of amides is 2. The molecule has 2 unspecified atom stereocenters. The van der Waals surface area contributed by atoms with Crippen LogP contribution in [0.4, 0.5) is 10.6 Å². The third-order valence-electron chi connectivity index (χ3n) is 13.7. The SMILES string of the molecule is BC(O)(Oc1ccn(-c2ccc(C(=O)NSc3ccc(OCc4ccccc4)c(NCCCC4CN(C(=O)OC(C)(C)C)C(C)(C)C4)n3)c(Cl)n2)n1)C(B)(B)C1C2(CC2)C12CC2. The summed E-state index contributed by atoms with van der Waals surface area (Å²) in [7, 11) is 5.95. The first-order chi connectivity index (χ1) is 29.2. The summed E-state index contributed by atoms with van der Waals surface area (Å²) in [6.07, 6.45) is 9.09. The second kappa shape index (κ2) is 16.3. The number of halogens is 1. The largest absolute Gasteiger partial charge is 0.485 e. The Balaban J connectivity index is 0.872. The Morgan fingerprint density at radius 2 is 1.69 bits per heavy atom. The molecule has 1 saturated heterocycles. The van der Waals surface area contributed by atoms with Crippen LogP contribution in [0.15, 0.2) is 71.9 Å². The summed E-state index contributed by atoms with van der Waals surface area (Å²) in [4.78, 5) is 37.5. The van der Waals surface area contributed by atoms with Crippen molar-refractivity contribution in [3.63, 3.8) is 0 Å². The van der Waals surface area contributed by atoms with Crippen molar-refractivity contribution in [1.82, 2.24) is 29.4 Å². The van der Waals surface area contributed by atoms with Gasteiger partial charge in [-0.05, 0) is 137 Å². The van der Waals surface area contributed by atoms with E-state index in [-0.39, 0.29) is 28.2 Å². The van der Waals surface area contributed by atoms with Crippen molar-refractivity contribution in [2.45, 2.75) is 113 Å². The molecule has 3 N–H and O–H groups in total. The number of rotatable bonds is 16. The second-order valence-electron chi connectivity index (χ2n) is 20.0. The Kier molecular flexibility index (Phi) is 11.7. The molecule has 0 radical (unpaired) electrons. The molecule has 4 aromatic rings. The van der Waals surface area contributed by atoms with Gasteiger partial charge in [-0.2, -0.15) is 0 Å². The van der Waals surface area contributed by atoms with Gasteiger partial charge in [-0.3, -0.25) is 9.52 Å². The topological polar surface area (TPSA) is 153 Å². The number of carbonyl (C=O) groups excluding carboxylic acids is 2. The molecule has 62 heavy (non-hydrogen) atoms. The average molecular weight is 880 g/mol. The van der Waals surface area contributed by atoms with E-state index in [0.29, 0.717) is 64.8 Å². The number of aromatic nitrogens is 4. The number of fused-ring (bicyclic) bond motifs is 1. The van der Waals surface area contributed by atoms with Gasteiger partial charge >= 0.3 is 6.09 Å². The molecule has 3 aliphatic carbocycles. The molecule has 4 fully saturated rings. The minimum absolute atomic E-state index is 0.00438. The molecule has 1 aliphatic heterocycles. The van der Waals surface area contributed by atoms with Crippen LogP contribution in [0, 0.1) is 22.7 Å². The van der Waals surface area contributed by atoms with Crippen molar-refractivity contribution >= 4 is 64.9 Å². The Bertz CT molecular complexity index is 2300. The number of benzene rings is 1. The normalized spacial score (nSPS) is 20.4. The first kappa shape index (κ1) is 44.3. The van der Waals surface area contributed by atoms with Gasteiger partial charge in [0.15, 0.2) is 30.9 Å². The number of likely N-dealkylation sites (tertiary alicyclic amines) is 1. The lowest BCUT2D eigenvalue weighted by atomic mass is 9.42. The highest BCUT2D eigenvalue weighted by Crippen LogP contribution is 2.96. The van der Waals surface area contributed by atoms with Crippen LogP contribution in [0.2, 0.25) is 10.4 Å². The van der Waals surface area contributed by atoms with Gasteiger partial charge < -0.3 is 29.5 Å². The maximum absolute atomic E-state index is 13.4. The van der Waals surface area contributed by atoms with E-state index in [4.69, 9.17) is 30.8 Å². The molecule has 326 valence electrons. The Labute approximate surface area is 376 Å². The van der Waals surface area contributed by atoms with Crippen LogP contribution >= 0.6 is 23.5 Å². The number of carbonyl (C=O) groups is 2. The number of hydrogen-bond acceptors (Lipinski definition) is 11. The number of nitrogens with zero attached hydrogens (tertiary/aromatic N) is 5. The van der Waals surface area contributed by atoms with E-state index >= 15 is 0 Å². The average Bonchev–Trinajstić information content (AvgIpc) is 4.16. The molecule has 3 aromatic heterocycles. The smallest absolute Gasteiger partial charge is 0.410 e. The van der Waals surface area contributed by atoms with Gasteiger partial charge in [-0.1, -0.05) is 41.9 Å². The summed E-state index contributed by atoms with van der Waals surface area (Å²) in [5.74, 6) is 2.16. The molecule has 0 bridgehead atoms. The third kappa shape index (κ3) is 8.91. The van der Waals surface area contributed by atoms with Crippen LogP contribution < -0.4 is 19.5 Å². The third-order valence-corrected chi connectivity index (χ3v) is 14.7. The predicted octanol–water partition coefficient (Wildman–Crippen LogP) is 5.79. The molecule has 2 atom stereocenters. The Hall–Kier alpha value is -4.34. The van der Waals surface area contributed by atoms with Gasteiger partial charge in [-0.25, -0.2) is 19.4 Å². The van der Waals surface area contributed by atoms with E-state index in [9.17, 15) is 14.7 Å². The zero-order valence-electron chi connectivity index (χ0n) is 37.1. The standard InChI is InChI=1S/C44H57B3ClN7O6S/c1-39(2,3)61-38(57)54-25-28(24-40(54,4)5)12-9-22-49-35-30(59-26-27-10-7-6-8-11-27)14-16-33(51-35)62-53-36(56)29-13-15-31(50-34(29)48)55-23-17-32(52-55)60-44(47,58)43(45,46)37-41(18-19-41)42(37)20-21-42/h6-8,10-11,13-17,23,28,37,58H,9,12,18-22,24-26,45-47H2,1-5H3,(H,49,51)(H,53,56). The summed E-state index contributed by atoms with van der Waals surface area (Å²) in [5.41, 5.74) is -0.239. The molecular weight excluding hydrogens is 822 g/mol. The summed E-state index contributed by atoms with van der Waals surface area (Å²) in [5, 5.41) is 19.7. The van der Waals surface area contributed by atoms with Crippen molar-refractivity contribution in [3.8, 4) is 17.4 Å². The van der Waals surface area contributed by atoms with E-state index in [0.717, 1.165) is 36.8 Å². The number of anilines is 1. The lowest BCUT2D eigenvalue weighted by molar-refractivity contribution is -0.0868. The van der Waals surface area contributed by atoms with E-state index in [1.807, 2.05) is 62.1 Å². The van der Waals surface area contributed by atoms with Gasteiger partial charge in [0.1, 0.15) is 38.1 Å². The highest BCUT2D eigenvalue weighted by molar-refractivity contribution is 7.97. The maximum Gasteiger partial charge on any atom is 0.410 e. The van der Waals surface area contributed by atoms with E-state index in [1.165, 1.54) is 30.4 Å². The zero-order valence-corrected chi connectivity index (χ0v) is 38.7. The van der Waals surface area contributed by atoms with Crippen LogP contribution in [-0.4, -0.2) is 95.2 Å². The molecule has 13 nitrogen and oxygen atoms in total. The highest BCUT2D eigenvalue weighted by atomic mass is 35.5. The van der Waals surface area contributed by atoms with Gasteiger partial charge in [0, 0.05) is 42.8 Å². The summed E-state index contributed by atoms with van der Waals surface area (Å²) in [6, 6.07) is 18.5. The van der Waals surface area contributed by atoms with E-state index < -0.39 is 22.4 Å². The van der Waals surface area contributed by atoms with Crippen LogP contribution in [0.5, 0.6) is 11.6 Å². The quantitative estimate of drug-likeness (QED) is 0.0413. The fraction of sp³-hybridized carbons (Fsp3) is 0.523. The van der Waals surface area contributed by atoms with Gasteiger partial charge in [0.05, 0.1) is 5.56 Å². The summed E-state index contributed by atoms with van der Waals surface area (Å²) in [6.45, 7) is 11.5. The van der Waals surface area contributed by atoms with Crippen molar-refractivity contribution in [3.05, 3.63) is 83.1 Å². The lowest BCUT2D eigenvalue weighted by Gasteiger charge is -2.41. The molecule has 4 heterocycles. The molecule has 2 spiro atoms. The second-order valence-corrected chi connectivity index (χ2v) is 21.2. The number of pyridine rings is 2. The minimum Gasteiger partial charge on any atom is -0.485 e. The van der Waals surface area contributed by atoms with E-state index in [1.54, 1.807) is 38.3 Å². The molecule has 2 amide bonds. The van der Waals surface area contributed by atoms with Gasteiger partial charge in [0.2, 0.25) is 5.88 Å². The number of hydrogen-bond donors (Lipinski definition) is 3. The molecule has 18 heteroatoms. The molecule has 1 aromatic carbocycles. The molecular formula is C44H57B3ClN7O6S. The van der Waals surface area contributed by atoms with Gasteiger partial charge in [0.25, 0.3) is 5.91 Å². The van der Waals surface area contributed by atoms with Gasteiger partial charge in [-0.15, -0.1) is 5.10 Å². The van der Waals surface area contributed by atoms with Crippen molar-refractivity contribution < 1.29 is 28.9 Å². The van der Waals surface area contributed by atoms with Crippen LogP contribution in [0.25, 0.3) is 5.82 Å². The summed E-state index contributed by atoms with van der Waals surface area (Å²) < 4.78 is 22.4. The minimum atomic E-state index is -1.42. The zero-order chi connectivity index (χ0) is 44.3. The maximum atomic E-state index is 13.4. The number of nitrogens with one attached hydrogen (secondary N) is 2. The highest BCUT2D eigenvalue weighted by Gasteiger charge is 2.89. The molecule has 8 rings (SSSR count).